The van der Waals surface area contributed by atoms with Crippen LogP contribution < -0.4 is 5.73 Å². The van der Waals surface area contributed by atoms with Crippen LogP contribution in [0.25, 0.3) is 0 Å². The predicted molar refractivity (Wildman–Crippen MR) is 52.8 cm³/mol. The van der Waals surface area contributed by atoms with Gasteiger partial charge in [0.25, 0.3) is 0 Å². The minimum Gasteiger partial charge on any atom is -0.481 e. The number of aromatic nitrogens is 1. The Morgan fingerprint density at radius 1 is 1.71 bits per heavy atom. The van der Waals surface area contributed by atoms with Gasteiger partial charge in [-0.2, -0.15) is 0 Å². The molecule has 1 aromatic rings. The van der Waals surface area contributed by atoms with Crippen LogP contribution in [0.4, 0.5) is 0 Å². The maximum absolute atomic E-state index is 10.3. The monoisotopic (exact) mass is 194 g/mol. The van der Waals surface area contributed by atoms with Crippen LogP contribution in [0.2, 0.25) is 0 Å². The Hall–Kier alpha value is -1.42. The Kier molecular flexibility index (Phi) is 3.59. The molecule has 0 saturated heterocycles. The molecule has 0 amide bonds. The van der Waals surface area contributed by atoms with Crippen molar-refractivity contribution in [3.05, 3.63) is 29.6 Å². The lowest BCUT2D eigenvalue weighted by Crippen LogP contribution is -2.13. The third-order valence-electron chi connectivity index (χ3n) is 2.15. The summed E-state index contributed by atoms with van der Waals surface area (Å²) in [5, 5.41) is 8.51. The fraction of sp³-hybridized carbons (Fsp3) is 0.400. The molecular weight excluding hydrogens is 180 g/mol. The van der Waals surface area contributed by atoms with Gasteiger partial charge in [-0.05, 0) is 30.5 Å². The Balaban J connectivity index is 2.65. The zero-order valence-corrected chi connectivity index (χ0v) is 8.10. The Morgan fingerprint density at radius 3 is 3.00 bits per heavy atom. The van der Waals surface area contributed by atoms with Crippen molar-refractivity contribution in [3.63, 3.8) is 0 Å². The fourth-order valence-electron chi connectivity index (χ4n) is 1.30. The van der Waals surface area contributed by atoms with Crippen LogP contribution in [0.3, 0.4) is 0 Å². The summed E-state index contributed by atoms with van der Waals surface area (Å²) in [6, 6.07) is 1.63. The summed E-state index contributed by atoms with van der Waals surface area (Å²) >= 11 is 0. The first-order chi connectivity index (χ1) is 6.61. The van der Waals surface area contributed by atoms with E-state index in [0.717, 1.165) is 11.1 Å². The van der Waals surface area contributed by atoms with E-state index in [9.17, 15) is 4.79 Å². The number of aryl methyl sites for hydroxylation is 1. The van der Waals surface area contributed by atoms with Crippen LogP contribution in [-0.4, -0.2) is 16.1 Å². The minimum absolute atomic E-state index is 0.0928. The van der Waals surface area contributed by atoms with E-state index in [1.165, 1.54) is 0 Å². The second-order valence-corrected chi connectivity index (χ2v) is 3.27. The number of pyridine rings is 1. The van der Waals surface area contributed by atoms with Crippen molar-refractivity contribution in [1.82, 2.24) is 4.98 Å². The summed E-state index contributed by atoms with van der Waals surface area (Å²) in [4.78, 5) is 14.3. The predicted octanol–water partition coefficient (Wildman–Crippen LogP) is 1.25. The summed E-state index contributed by atoms with van der Waals surface area (Å²) in [6.45, 7) is 1.94. The van der Waals surface area contributed by atoms with Gasteiger partial charge in [0.2, 0.25) is 0 Å². The van der Waals surface area contributed by atoms with E-state index in [4.69, 9.17) is 10.8 Å². The van der Waals surface area contributed by atoms with Crippen LogP contribution in [0, 0.1) is 6.92 Å². The van der Waals surface area contributed by atoms with Gasteiger partial charge in [0.1, 0.15) is 0 Å². The molecule has 1 unspecified atom stereocenters. The molecule has 0 aliphatic carbocycles. The molecule has 1 aromatic heterocycles. The lowest BCUT2D eigenvalue weighted by molar-refractivity contribution is -0.137. The second kappa shape index (κ2) is 4.72. The normalized spacial score (nSPS) is 12.4. The van der Waals surface area contributed by atoms with Gasteiger partial charge in [0.05, 0.1) is 0 Å². The van der Waals surface area contributed by atoms with Crippen LogP contribution >= 0.6 is 0 Å². The Morgan fingerprint density at radius 2 is 2.43 bits per heavy atom. The quantitative estimate of drug-likeness (QED) is 0.756. The molecule has 4 heteroatoms. The first kappa shape index (κ1) is 10.7. The maximum atomic E-state index is 10.3. The van der Waals surface area contributed by atoms with E-state index in [-0.39, 0.29) is 12.5 Å². The van der Waals surface area contributed by atoms with E-state index < -0.39 is 5.97 Å². The minimum atomic E-state index is -0.818. The van der Waals surface area contributed by atoms with E-state index in [0.29, 0.717) is 6.42 Å². The highest BCUT2D eigenvalue weighted by molar-refractivity contribution is 5.66. The summed E-state index contributed by atoms with van der Waals surface area (Å²) in [7, 11) is 0. The highest BCUT2D eigenvalue weighted by atomic mass is 16.4. The van der Waals surface area contributed by atoms with Gasteiger partial charge < -0.3 is 10.8 Å². The van der Waals surface area contributed by atoms with Gasteiger partial charge in [-0.15, -0.1) is 0 Å². The molecule has 1 atom stereocenters. The molecule has 0 aliphatic rings. The summed E-state index contributed by atoms with van der Waals surface area (Å²) in [5.74, 6) is -0.818. The van der Waals surface area contributed by atoms with E-state index >= 15 is 0 Å². The number of aliphatic carboxylic acids is 1. The molecule has 0 saturated carbocycles. The number of rotatable bonds is 4. The largest absolute Gasteiger partial charge is 0.481 e. The third-order valence-corrected chi connectivity index (χ3v) is 2.15. The molecule has 1 rings (SSSR count). The third kappa shape index (κ3) is 2.81. The van der Waals surface area contributed by atoms with E-state index in [1.807, 2.05) is 13.0 Å². The summed E-state index contributed by atoms with van der Waals surface area (Å²) in [5.41, 5.74) is 7.82. The van der Waals surface area contributed by atoms with Crippen LogP contribution in [-0.2, 0) is 4.79 Å². The number of hydrogen-bond donors (Lipinski definition) is 2. The molecule has 4 nitrogen and oxygen atoms in total. The van der Waals surface area contributed by atoms with Crippen molar-refractivity contribution in [2.24, 2.45) is 5.73 Å². The van der Waals surface area contributed by atoms with E-state index in [1.54, 1.807) is 12.4 Å². The summed E-state index contributed by atoms with van der Waals surface area (Å²) in [6.07, 6.45) is 3.93. The molecule has 1 heterocycles. The molecule has 3 N–H and O–H groups in total. The summed E-state index contributed by atoms with van der Waals surface area (Å²) < 4.78 is 0. The lowest BCUT2D eigenvalue weighted by atomic mass is 10.0. The number of hydrogen-bond acceptors (Lipinski definition) is 3. The van der Waals surface area contributed by atoms with Crippen molar-refractivity contribution in [3.8, 4) is 0 Å². The highest BCUT2D eigenvalue weighted by Gasteiger charge is 2.10. The molecule has 0 fully saturated rings. The average molecular weight is 194 g/mol. The second-order valence-electron chi connectivity index (χ2n) is 3.27. The van der Waals surface area contributed by atoms with Gasteiger partial charge in [0, 0.05) is 24.9 Å². The van der Waals surface area contributed by atoms with Crippen LogP contribution in [0.1, 0.15) is 30.0 Å². The van der Waals surface area contributed by atoms with Crippen molar-refractivity contribution >= 4 is 5.97 Å². The van der Waals surface area contributed by atoms with Crippen molar-refractivity contribution < 1.29 is 9.90 Å². The Labute approximate surface area is 82.8 Å². The topological polar surface area (TPSA) is 76.2 Å². The van der Waals surface area contributed by atoms with Gasteiger partial charge in [-0.25, -0.2) is 0 Å². The van der Waals surface area contributed by atoms with Gasteiger partial charge in [-0.3, -0.25) is 9.78 Å². The molecular formula is C10H14N2O2. The van der Waals surface area contributed by atoms with Gasteiger partial charge >= 0.3 is 5.97 Å². The smallest absolute Gasteiger partial charge is 0.303 e. The van der Waals surface area contributed by atoms with Crippen molar-refractivity contribution in [1.29, 1.82) is 0 Å². The van der Waals surface area contributed by atoms with Gasteiger partial charge in [0.15, 0.2) is 0 Å². The first-order valence-corrected chi connectivity index (χ1v) is 4.49. The van der Waals surface area contributed by atoms with Gasteiger partial charge in [-0.1, -0.05) is 0 Å². The molecule has 0 aliphatic heterocycles. The molecule has 0 radical (unpaired) electrons. The van der Waals surface area contributed by atoms with E-state index in [2.05, 4.69) is 4.98 Å². The molecule has 0 aromatic carbocycles. The maximum Gasteiger partial charge on any atom is 0.303 e. The number of carbonyl (C=O) groups is 1. The average Bonchev–Trinajstić information content (AvgIpc) is 2.15. The molecule has 0 spiro atoms. The number of carboxylic acid groups (broad SMARTS) is 1. The Bertz CT molecular complexity index is 326. The van der Waals surface area contributed by atoms with Crippen LogP contribution in [0.15, 0.2) is 18.5 Å². The molecule has 76 valence electrons. The fourth-order valence-corrected chi connectivity index (χ4v) is 1.30. The molecule has 0 bridgehead atoms. The lowest BCUT2D eigenvalue weighted by Gasteiger charge is -2.12. The first-order valence-electron chi connectivity index (χ1n) is 4.49. The standard InChI is InChI=1S/C10H14N2O2/c1-7-4-5-12-6-8(7)9(11)2-3-10(13)14/h4-6,9H,2-3,11H2,1H3,(H,13,14). The number of nitrogens with two attached hydrogens (primary N) is 1. The molecule has 14 heavy (non-hydrogen) atoms. The zero-order valence-electron chi connectivity index (χ0n) is 8.10. The zero-order chi connectivity index (χ0) is 10.6. The van der Waals surface area contributed by atoms with Crippen LogP contribution in [0.5, 0.6) is 0 Å². The van der Waals surface area contributed by atoms with Crippen molar-refractivity contribution in [2.45, 2.75) is 25.8 Å². The SMILES string of the molecule is Cc1ccncc1C(N)CCC(=O)O. The number of carboxylic acids is 1. The number of nitrogens with zero attached hydrogens (tertiary/aromatic N) is 1. The van der Waals surface area contributed by atoms with Crippen molar-refractivity contribution in [2.75, 3.05) is 0 Å². The highest BCUT2D eigenvalue weighted by Crippen LogP contribution is 2.17.